The topological polar surface area (TPSA) is 44.7 Å². The maximum atomic E-state index is 14.3. The molecule has 1 heterocycles. The zero-order valence-electron chi connectivity index (χ0n) is 12.8. The fourth-order valence-corrected chi connectivity index (χ4v) is 2.71. The van der Waals surface area contributed by atoms with Gasteiger partial charge in [-0.25, -0.2) is 4.39 Å². The summed E-state index contributed by atoms with van der Waals surface area (Å²) in [7, 11) is 1.66. The van der Waals surface area contributed by atoms with Crippen LogP contribution in [0.4, 0.5) is 10.1 Å². The highest BCUT2D eigenvalue weighted by Gasteiger charge is 2.27. The third-order valence-electron chi connectivity index (χ3n) is 4.10. The summed E-state index contributed by atoms with van der Waals surface area (Å²) in [6.07, 6.45) is 0.485. The molecule has 1 aliphatic rings. The van der Waals surface area contributed by atoms with Crippen LogP contribution in [-0.4, -0.2) is 44.6 Å². The van der Waals surface area contributed by atoms with Gasteiger partial charge in [-0.15, -0.1) is 0 Å². The summed E-state index contributed by atoms with van der Waals surface area (Å²) in [5.74, 6) is 0.0547. The third kappa shape index (κ3) is 4.15. The van der Waals surface area contributed by atoms with Crippen molar-refractivity contribution < 1.29 is 14.2 Å². The maximum Gasteiger partial charge on any atom is 0.146 e. The number of benzene rings is 1. The number of nitrogens with zero attached hydrogens (tertiary/aromatic N) is 1. The van der Waals surface area contributed by atoms with E-state index in [1.54, 1.807) is 13.2 Å². The molecule has 1 aromatic rings. The number of piperidine rings is 1. The number of aliphatic hydroxyl groups excluding tert-OH is 1. The molecule has 1 saturated heterocycles. The Bertz CT molecular complexity index is 456. The fraction of sp³-hybridized carbons (Fsp3) is 0.625. The van der Waals surface area contributed by atoms with E-state index in [1.165, 1.54) is 6.07 Å². The van der Waals surface area contributed by atoms with E-state index in [0.717, 1.165) is 25.1 Å². The van der Waals surface area contributed by atoms with E-state index in [2.05, 4.69) is 5.32 Å². The molecule has 1 fully saturated rings. The third-order valence-corrected chi connectivity index (χ3v) is 4.10. The lowest BCUT2D eigenvalue weighted by Crippen LogP contribution is -2.43. The Morgan fingerprint density at radius 3 is 3.00 bits per heavy atom. The van der Waals surface area contributed by atoms with E-state index in [1.807, 2.05) is 17.9 Å². The molecule has 1 aromatic carbocycles. The standard InChI is InChI=1S/C16H25FN2O2/c1-12-6-8-19(11-15(12)20)16-13(4-3-5-14(16)17)10-18-7-9-21-2/h3-5,12,15,18,20H,6-11H2,1-2H3. The first-order valence-corrected chi connectivity index (χ1v) is 7.53. The number of para-hydroxylation sites is 1. The van der Waals surface area contributed by atoms with Gasteiger partial charge in [-0.05, 0) is 24.0 Å². The lowest BCUT2D eigenvalue weighted by molar-refractivity contribution is 0.102. The second kappa shape index (κ2) is 7.73. The highest BCUT2D eigenvalue weighted by atomic mass is 19.1. The summed E-state index contributed by atoms with van der Waals surface area (Å²) in [6, 6.07) is 5.15. The Morgan fingerprint density at radius 1 is 1.48 bits per heavy atom. The predicted octanol–water partition coefficient (Wildman–Crippen LogP) is 1.77. The Labute approximate surface area is 125 Å². The van der Waals surface area contributed by atoms with Crippen LogP contribution in [-0.2, 0) is 11.3 Å². The molecule has 0 amide bonds. The average Bonchev–Trinajstić information content (AvgIpc) is 2.47. The van der Waals surface area contributed by atoms with Gasteiger partial charge < -0.3 is 20.1 Å². The Balaban J connectivity index is 2.10. The molecule has 0 spiro atoms. The van der Waals surface area contributed by atoms with Gasteiger partial charge in [-0.2, -0.15) is 0 Å². The minimum absolute atomic E-state index is 0.220. The van der Waals surface area contributed by atoms with Crippen LogP contribution in [0.2, 0.25) is 0 Å². The number of hydrogen-bond donors (Lipinski definition) is 2. The van der Waals surface area contributed by atoms with Crippen LogP contribution in [0.5, 0.6) is 0 Å². The van der Waals surface area contributed by atoms with Gasteiger partial charge in [0.15, 0.2) is 0 Å². The van der Waals surface area contributed by atoms with Crippen LogP contribution in [0.15, 0.2) is 18.2 Å². The highest BCUT2D eigenvalue weighted by molar-refractivity contribution is 5.55. The number of nitrogens with one attached hydrogen (secondary N) is 1. The molecule has 0 radical (unpaired) electrons. The van der Waals surface area contributed by atoms with E-state index < -0.39 is 6.10 Å². The minimum atomic E-state index is -0.396. The molecule has 5 heteroatoms. The smallest absolute Gasteiger partial charge is 0.146 e. The number of ether oxygens (including phenoxy) is 1. The van der Waals surface area contributed by atoms with E-state index in [0.29, 0.717) is 25.4 Å². The molecule has 2 unspecified atom stereocenters. The van der Waals surface area contributed by atoms with Gasteiger partial charge in [-0.3, -0.25) is 0 Å². The number of methoxy groups -OCH3 is 1. The second-order valence-electron chi connectivity index (χ2n) is 5.70. The molecule has 0 saturated carbocycles. The van der Waals surface area contributed by atoms with Crippen molar-refractivity contribution >= 4 is 5.69 Å². The van der Waals surface area contributed by atoms with Crippen LogP contribution >= 0.6 is 0 Å². The molecule has 1 aliphatic heterocycles. The van der Waals surface area contributed by atoms with Gasteiger partial charge in [-0.1, -0.05) is 19.1 Å². The lowest BCUT2D eigenvalue weighted by atomic mass is 9.95. The van der Waals surface area contributed by atoms with Crippen molar-refractivity contribution in [1.82, 2.24) is 5.32 Å². The summed E-state index contributed by atoms with van der Waals surface area (Å²) >= 11 is 0. The van der Waals surface area contributed by atoms with Gasteiger partial charge >= 0.3 is 0 Å². The molecule has 2 atom stereocenters. The molecule has 0 aliphatic carbocycles. The van der Waals surface area contributed by atoms with Gasteiger partial charge in [0.05, 0.1) is 18.4 Å². The molecule has 2 rings (SSSR count). The van der Waals surface area contributed by atoms with Crippen LogP contribution < -0.4 is 10.2 Å². The Morgan fingerprint density at radius 2 is 2.29 bits per heavy atom. The zero-order valence-corrected chi connectivity index (χ0v) is 12.8. The average molecular weight is 296 g/mol. The second-order valence-corrected chi connectivity index (χ2v) is 5.70. The summed E-state index contributed by atoms with van der Waals surface area (Å²) in [4.78, 5) is 1.97. The Kier molecular flexibility index (Phi) is 5.96. The number of aliphatic hydroxyl groups is 1. The quantitative estimate of drug-likeness (QED) is 0.785. The molecule has 2 N–H and O–H groups in total. The lowest BCUT2D eigenvalue weighted by Gasteiger charge is -2.37. The summed E-state index contributed by atoms with van der Waals surface area (Å²) in [6.45, 7) is 5.27. The largest absolute Gasteiger partial charge is 0.391 e. The number of halogens is 1. The minimum Gasteiger partial charge on any atom is -0.391 e. The van der Waals surface area contributed by atoms with E-state index in [9.17, 15) is 9.50 Å². The summed E-state index contributed by atoms with van der Waals surface area (Å²) in [5, 5.41) is 13.3. The molecule has 21 heavy (non-hydrogen) atoms. The number of rotatable bonds is 6. The maximum absolute atomic E-state index is 14.3. The summed E-state index contributed by atoms with van der Waals surface area (Å²) < 4.78 is 19.3. The molecular formula is C16H25FN2O2. The van der Waals surface area contributed by atoms with Crippen molar-refractivity contribution in [1.29, 1.82) is 0 Å². The predicted molar refractivity (Wildman–Crippen MR) is 82.0 cm³/mol. The molecule has 4 nitrogen and oxygen atoms in total. The van der Waals surface area contributed by atoms with Gasteiger partial charge in [0.2, 0.25) is 0 Å². The molecule has 118 valence electrons. The number of anilines is 1. The van der Waals surface area contributed by atoms with Crippen LogP contribution in [0.3, 0.4) is 0 Å². The Hall–Kier alpha value is -1.17. The number of β-amino-alcohol motifs (C(OH)–C–C–N with tert-alkyl or cyclic N) is 1. The van der Waals surface area contributed by atoms with Crippen LogP contribution in [0, 0.1) is 11.7 Å². The monoisotopic (exact) mass is 296 g/mol. The molecule has 0 aromatic heterocycles. The van der Waals surface area contributed by atoms with Crippen LogP contribution in [0.1, 0.15) is 18.9 Å². The van der Waals surface area contributed by atoms with Gasteiger partial charge in [0.25, 0.3) is 0 Å². The first-order chi connectivity index (χ1) is 10.1. The SMILES string of the molecule is COCCNCc1cccc(F)c1N1CCC(C)C(O)C1. The van der Waals surface area contributed by atoms with Gasteiger partial charge in [0, 0.05) is 33.3 Å². The first-order valence-electron chi connectivity index (χ1n) is 7.53. The van der Waals surface area contributed by atoms with Crippen molar-refractivity contribution in [3.8, 4) is 0 Å². The van der Waals surface area contributed by atoms with Crippen LogP contribution in [0.25, 0.3) is 0 Å². The molecular weight excluding hydrogens is 271 g/mol. The van der Waals surface area contributed by atoms with Crippen molar-refractivity contribution in [2.45, 2.75) is 26.0 Å². The highest BCUT2D eigenvalue weighted by Crippen LogP contribution is 2.29. The first kappa shape index (κ1) is 16.2. The normalized spacial score (nSPS) is 22.6. The van der Waals surface area contributed by atoms with E-state index in [-0.39, 0.29) is 11.7 Å². The summed E-state index contributed by atoms with van der Waals surface area (Å²) in [5.41, 5.74) is 1.54. The van der Waals surface area contributed by atoms with Gasteiger partial charge in [0.1, 0.15) is 5.82 Å². The van der Waals surface area contributed by atoms with Crippen molar-refractivity contribution in [2.24, 2.45) is 5.92 Å². The van der Waals surface area contributed by atoms with Crippen molar-refractivity contribution in [3.05, 3.63) is 29.6 Å². The van der Waals surface area contributed by atoms with E-state index in [4.69, 9.17) is 4.74 Å². The van der Waals surface area contributed by atoms with Crippen molar-refractivity contribution in [2.75, 3.05) is 38.3 Å². The zero-order chi connectivity index (χ0) is 15.2. The van der Waals surface area contributed by atoms with Crippen molar-refractivity contribution in [3.63, 3.8) is 0 Å². The number of hydrogen-bond acceptors (Lipinski definition) is 4. The fourth-order valence-electron chi connectivity index (χ4n) is 2.71. The van der Waals surface area contributed by atoms with E-state index >= 15 is 0 Å². The molecule has 0 bridgehead atoms.